The Bertz CT molecular complexity index is 1180. The summed E-state index contributed by atoms with van der Waals surface area (Å²) in [6, 6.07) is 4.43. The van der Waals surface area contributed by atoms with Crippen molar-refractivity contribution in [2.45, 2.75) is 69.2 Å². The molecule has 0 radical (unpaired) electrons. The van der Waals surface area contributed by atoms with Gasteiger partial charge in [0, 0.05) is 32.1 Å². The molecule has 1 spiro atoms. The number of benzene rings is 1. The minimum atomic E-state index is -0.721. The molecule has 5 rings (SSSR count). The lowest BCUT2D eigenvalue weighted by atomic mass is 9.75. The number of nitrogens with one attached hydrogen (secondary N) is 3. The third kappa shape index (κ3) is 5.11. The molecule has 1 aliphatic carbocycles. The summed E-state index contributed by atoms with van der Waals surface area (Å²) in [7, 11) is 1.70. The molecule has 3 aliphatic rings. The van der Waals surface area contributed by atoms with Crippen molar-refractivity contribution in [2.75, 3.05) is 23.8 Å². The summed E-state index contributed by atoms with van der Waals surface area (Å²) in [6.07, 6.45) is 9.98. The van der Waals surface area contributed by atoms with Gasteiger partial charge in [0.15, 0.2) is 0 Å². The van der Waals surface area contributed by atoms with E-state index in [4.69, 9.17) is 16.3 Å². The minimum Gasteiger partial charge on any atom is -0.381 e. The molecule has 1 aromatic heterocycles. The summed E-state index contributed by atoms with van der Waals surface area (Å²) in [5.41, 5.74) is 1.68. The first-order valence-corrected chi connectivity index (χ1v) is 13.6. The quantitative estimate of drug-likeness (QED) is 0.540. The van der Waals surface area contributed by atoms with Gasteiger partial charge in [0.05, 0.1) is 16.1 Å². The van der Waals surface area contributed by atoms with E-state index in [-0.39, 0.29) is 23.6 Å². The number of hydrogen-bond acceptors (Lipinski definition) is 5. The molecule has 3 N–H and O–H groups in total. The second kappa shape index (κ2) is 10.8. The molecule has 1 aromatic carbocycles. The number of fused-ring (bicyclic) bond motifs is 2. The summed E-state index contributed by atoms with van der Waals surface area (Å²) in [5, 5.41) is 13.4. The molecule has 2 fully saturated rings. The summed E-state index contributed by atoms with van der Waals surface area (Å²) < 4.78 is 6.98. The molecule has 10 heteroatoms. The summed E-state index contributed by atoms with van der Waals surface area (Å²) >= 11 is 6.66. The summed E-state index contributed by atoms with van der Waals surface area (Å²) in [5.74, 6) is -0.693. The van der Waals surface area contributed by atoms with Gasteiger partial charge in [0.1, 0.15) is 11.7 Å². The second-order valence-corrected chi connectivity index (χ2v) is 10.8. The number of halogens is 1. The zero-order valence-corrected chi connectivity index (χ0v) is 21.9. The Balaban J connectivity index is 1.40. The van der Waals surface area contributed by atoms with Crippen LogP contribution < -0.4 is 16.0 Å². The number of carbonyl (C=O) groups is 3. The lowest BCUT2D eigenvalue weighted by Gasteiger charge is -2.31. The Morgan fingerprint density at radius 1 is 1.16 bits per heavy atom. The van der Waals surface area contributed by atoms with E-state index in [1.165, 1.54) is 11.1 Å². The predicted octanol–water partition coefficient (Wildman–Crippen LogP) is 4.17. The second-order valence-electron chi connectivity index (χ2n) is 10.4. The normalized spacial score (nSPS) is 20.4. The predicted molar refractivity (Wildman–Crippen MR) is 141 cm³/mol. The van der Waals surface area contributed by atoms with Gasteiger partial charge < -0.3 is 20.7 Å². The van der Waals surface area contributed by atoms with Crippen molar-refractivity contribution in [1.29, 1.82) is 0 Å². The maximum absolute atomic E-state index is 13.7. The molecule has 1 atom stereocenters. The fraction of sp³-hybridized carbons (Fsp3) is 0.556. The summed E-state index contributed by atoms with van der Waals surface area (Å²) in [4.78, 5) is 39.7. The van der Waals surface area contributed by atoms with Gasteiger partial charge in [-0.05, 0) is 55.4 Å². The molecular weight excluding hydrogens is 494 g/mol. The van der Waals surface area contributed by atoms with Crippen LogP contribution in [0.15, 0.2) is 24.4 Å². The zero-order chi connectivity index (χ0) is 26.0. The highest BCUT2D eigenvalue weighted by atomic mass is 35.5. The third-order valence-electron chi connectivity index (χ3n) is 8.15. The number of anilines is 2. The van der Waals surface area contributed by atoms with E-state index in [1.807, 2.05) is 0 Å². The van der Waals surface area contributed by atoms with Crippen LogP contribution in [0.5, 0.6) is 0 Å². The van der Waals surface area contributed by atoms with Crippen LogP contribution in [-0.2, 0) is 26.8 Å². The van der Waals surface area contributed by atoms with Gasteiger partial charge in [-0.15, -0.1) is 0 Å². The van der Waals surface area contributed by atoms with Crippen LogP contribution in [0.25, 0.3) is 0 Å². The molecule has 198 valence electrons. The molecule has 9 nitrogen and oxygen atoms in total. The molecule has 37 heavy (non-hydrogen) atoms. The molecule has 3 amide bonds. The Morgan fingerprint density at radius 3 is 2.54 bits per heavy atom. The first-order chi connectivity index (χ1) is 17.9. The molecule has 0 bridgehead atoms. The van der Waals surface area contributed by atoms with Crippen molar-refractivity contribution in [2.24, 2.45) is 13.0 Å². The van der Waals surface area contributed by atoms with E-state index in [9.17, 15) is 14.4 Å². The molecule has 3 heterocycles. The fourth-order valence-electron chi connectivity index (χ4n) is 5.99. The van der Waals surface area contributed by atoms with Crippen LogP contribution in [0.1, 0.15) is 73.8 Å². The van der Waals surface area contributed by atoms with E-state index in [0.29, 0.717) is 48.1 Å². The lowest BCUT2D eigenvalue weighted by Crippen LogP contribution is -2.49. The van der Waals surface area contributed by atoms with Gasteiger partial charge in [-0.3, -0.25) is 19.1 Å². The number of aromatic nitrogens is 2. The largest absolute Gasteiger partial charge is 0.381 e. The van der Waals surface area contributed by atoms with Crippen molar-refractivity contribution in [3.05, 3.63) is 40.7 Å². The number of hydrogen-bond donors (Lipinski definition) is 3. The van der Waals surface area contributed by atoms with Crippen LogP contribution in [0.4, 0.5) is 11.4 Å². The van der Waals surface area contributed by atoms with Crippen molar-refractivity contribution < 1.29 is 19.1 Å². The Kier molecular flexibility index (Phi) is 7.53. The molecule has 1 saturated carbocycles. The zero-order valence-electron chi connectivity index (χ0n) is 21.1. The average Bonchev–Trinajstić information content (AvgIpc) is 3.40. The van der Waals surface area contributed by atoms with Gasteiger partial charge in [-0.25, -0.2) is 0 Å². The van der Waals surface area contributed by atoms with E-state index >= 15 is 0 Å². The van der Waals surface area contributed by atoms with Crippen LogP contribution >= 0.6 is 11.6 Å². The first kappa shape index (κ1) is 25.7. The first-order valence-electron chi connectivity index (χ1n) is 13.2. The van der Waals surface area contributed by atoms with Crippen LogP contribution in [-0.4, -0.2) is 46.8 Å². The van der Waals surface area contributed by atoms with Crippen LogP contribution in [0.3, 0.4) is 0 Å². The fourth-order valence-corrected chi connectivity index (χ4v) is 6.20. The summed E-state index contributed by atoms with van der Waals surface area (Å²) in [6.45, 7) is 1.03. The molecule has 2 aromatic rings. The van der Waals surface area contributed by atoms with Gasteiger partial charge in [-0.1, -0.05) is 43.7 Å². The molecule has 1 saturated heterocycles. The van der Waals surface area contributed by atoms with Gasteiger partial charge >= 0.3 is 0 Å². The molecular formula is C27H34ClN5O4. The number of carbonyl (C=O) groups excluding carboxylic acids is 3. The monoisotopic (exact) mass is 527 g/mol. The van der Waals surface area contributed by atoms with Gasteiger partial charge in [0.2, 0.25) is 11.8 Å². The number of amides is 3. The van der Waals surface area contributed by atoms with Crippen molar-refractivity contribution >= 4 is 40.7 Å². The maximum Gasteiger partial charge on any atom is 0.270 e. The van der Waals surface area contributed by atoms with E-state index in [0.717, 1.165) is 44.1 Å². The van der Waals surface area contributed by atoms with E-state index in [2.05, 4.69) is 21.0 Å². The van der Waals surface area contributed by atoms with Crippen molar-refractivity contribution in [3.63, 3.8) is 0 Å². The minimum absolute atomic E-state index is 0.0101. The van der Waals surface area contributed by atoms with Crippen LogP contribution in [0.2, 0.25) is 5.02 Å². The Labute approximate surface area is 221 Å². The van der Waals surface area contributed by atoms with Gasteiger partial charge in [0.25, 0.3) is 5.91 Å². The van der Waals surface area contributed by atoms with Crippen molar-refractivity contribution in [3.8, 4) is 0 Å². The molecule has 2 aliphatic heterocycles. The van der Waals surface area contributed by atoms with E-state index in [1.54, 1.807) is 31.4 Å². The number of aryl methyl sites for hydroxylation is 1. The number of ether oxygens (including phenoxy) is 1. The maximum atomic E-state index is 13.7. The average molecular weight is 528 g/mol. The highest BCUT2D eigenvalue weighted by Crippen LogP contribution is 2.47. The topological polar surface area (TPSA) is 114 Å². The standard InChI is InChI=1S/C27H34ClN5O4/c1-33-22(9-12-29-33)24(34)32-23(17-7-5-3-2-4-6-8-17)25(35)30-21-16-20-18(15-19(21)28)27(26(36)31-20)10-13-37-14-11-27/h9,12,15-17,23H,2-8,10-11,13-14H2,1H3,(H,30,35)(H,31,36)(H,32,34). The Hall–Kier alpha value is -2.91. The third-order valence-corrected chi connectivity index (χ3v) is 8.47. The lowest BCUT2D eigenvalue weighted by molar-refractivity contribution is -0.124. The SMILES string of the molecule is Cn1nccc1C(=O)NC(C(=O)Nc1cc2c(cc1Cl)C1(CCOCC1)C(=O)N2)C1CCCCCCC1. The number of nitrogens with zero attached hydrogens (tertiary/aromatic N) is 2. The van der Waals surface area contributed by atoms with E-state index < -0.39 is 11.5 Å². The van der Waals surface area contributed by atoms with Gasteiger partial charge in [-0.2, -0.15) is 5.10 Å². The smallest absolute Gasteiger partial charge is 0.270 e. The van der Waals surface area contributed by atoms with Crippen LogP contribution in [0, 0.1) is 5.92 Å². The number of rotatable bonds is 5. The van der Waals surface area contributed by atoms with Crippen molar-refractivity contribution in [1.82, 2.24) is 15.1 Å². The molecule has 1 unspecified atom stereocenters. The highest BCUT2D eigenvalue weighted by molar-refractivity contribution is 6.34. The Morgan fingerprint density at radius 2 is 1.86 bits per heavy atom. The highest BCUT2D eigenvalue weighted by Gasteiger charge is 2.48.